The van der Waals surface area contributed by atoms with Gasteiger partial charge >= 0.3 is 0 Å². The number of rotatable bonds is 6. The number of likely N-dealkylation sites (tertiary alicyclic amines) is 1. The summed E-state index contributed by atoms with van der Waals surface area (Å²) in [6.07, 6.45) is 2.56. The van der Waals surface area contributed by atoms with Crippen LogP contribution in [0.3, 0.4) is 0 Å². The number of hydrogen-bond acceptors (Lipinski definition) is 3. The molecule has 19 heavy (non-hydrogen) atoms. The fraction of sp³-hybridized carbons (Fsp3) is 0.533. The first-order valence-electron chi connectivity index (χ1n) is 7.06. The van der Waals surface area contributed by atoms with Crippen molar-refractivity contribution in [1.29, 1.82) is 0 Å². The molecule has 1 aromatic rings. The molecule has 0 saturated carbocycles. The molecule has 1 amide bonds. The van der Waals surface area contributed by atoms with E-state index in [1.807, 2.05) is 30.3 Å². The third kappa shape index (κ3) is 4.04. The summed E-state index contributed by atoms with van der Waals surface area (Å²) in [6, 6.07) is 9.74. The first kappa shape index (κ1) is 14.0. The minimum atomic E-state index is -0.236. The zero-order valence-electron chi connectivity index (χ0n) is 11.3. The van der Waals surface area contributed by atoms with Crippen LogP contribution in [-0.4, -0.2) is 43.5 Å². The topological polar surface area (TPSA) is 58.4 Å². The van der Waals surface area contributed by atoms with Gasteiger partial charge in [-0.25, -0.2) is 0 Å². The van der Waals surface area contributed by atoms with Gasteiger partial charge in [-0.15, -0.1) is 0 Å². The molecular formula is C15H23N3O. The molecule has 2 rings (SSSR count). The third-order valence-corrected chi connectivity index (χ3v) is 3.68. The van der Waals surface area contributed by atoms with Crippen molar-refractivity contribution in [2.45, 2.75) is 18.8 Å². The van der Waals surface area contributed by atoms with Crippen LogP contribution >= 0.6 is 0 Å². The Bertz CT molecular complexity index is 388. The second-order valence-corrected chi connectivity index (χ2v) is 5.04. The summed E-state index contributed by atoms with van der Waals surface area (Å²) in [5.74, 6) is -0.201. The molecule has 0 aromatic heterocycles. The molecule has 1 atom stereocenters. The van der Waals surface area contributed by atoms with E-state index in [-0.39, 0.29) is 11.8 Å². The predicted octanol–water partition coefficient (Wildman–Crippen LogP) is 0.941. The molecule has 1 aromatic carbocycles. The molecule has 1 unspecified atom stereocenters. The molecular weight excluding hydrogens is 238 g/mol. The summed E-state index contributed by atoms with van der Waals surface area (Å²) < 4.78 is 0. The zero-order valence-corrected chi connectivity index (χ0v) is 11.3. The van der Waals surface area contributed by atoms with Crippen LogP contribution in [0.5, 0.6) is 0 Å². The standard InChI is InChI=1S/C15H23N3O/c16-12-14(13-6-2-1-3-7-13)15(19)17-8-11-18-9-4-5-10-18/h1-3,6-7,14H,4-5,8-12,16H2,(H,17,19). The van der Waals surface area contributed by atoms with Crippen molar-refractivity contribution in [3.8, 4) is 0 Å². The lowest BCUT2D eigenvalue weighted by Crippen LogP contribution is -2.38. The lowest BCUT2D eigenvalue weighted by atomic mass is 9.98. The summed E-state index contributed by atoms with van der Waals surface area (Å²) in [5, 5.41) is 3.00. The van der Waals surface area contributed by atoms with Crippen molar-refractivity contribution >= 4 is 5.91 Å². The quantitative estimate of drug-likeness (QED) is 0.801. The van der Waals surface area contributed by atoms with Gasteiger partial charge in [-0.05, 0) is 31.5 Å². The number of amides is 1. The van der Waals surface area contributed by atoms with E-state index in [1.165, 1.54) is 12.8 Å². The Balaban J connectivity index is 1.80. The molecule has 1 saturated heterocycles. The maximum atomic E-state index is 12.1. The number of nitrogens with two attached hydrogens (primary N) is 1. The third-order valence-electron chi connectivity index (χ3n) is 3.68. The van der Waals surface area contributed by atoms with Gasteiger partial charge in [0.2, 0.25) is 5.91 Å². The molecule has 1 aliphatic rings. The fourth-order valence-corrected chi connectivity index (χ4v) is 2.55. The van der Waals surface area contributed by atoms with Gasteiger partial charge in [-0.3, -0.25) is 4.79 Å². The van der Waals surface area contributed by atoms with Crippen molar-refractivity contribution < 1.29 is 4.79 Å². The normalized spacial score (nSPS) is 17.3. The molecule has 4 heteroatoms. The van der Waals surface area contributed by atoms with Gasteiger partial charge in [0.15, 0.2) is 0 Å². The van der Waals surface area contributed by atoms with Crippen molar-refractivity contribution in [3.05, 3.63) is 35.9 Å². The van der Waals surface area contributed by atoms with Gasteiger partial charge < -0.3 is 16.0 Å². The summed E-state index contributed by atoms with van der Waals surface area (Å²) in [7, 11) is 0. The van der Waals surface area contributed by atoms with Crippen molar-refractivity contribution in [2.24, 2.45) is 5.73 Å². The highest BCUT2D eigenvalue weighted by atomic mass is 16.1. The summed E-state index contributed by atoms with van der Waals surface area (Å²) in [4.78, 5) is 14.5. The Morgan fingerprint density at radius 1 is 1.26 bits per heavy atom. The largest absolute Gasteiger partial charge is 0.354 e. The summed E-state index contributed by atoms with van der Waals surface area (Å²) in [5.41, 5.74) is 6.72. The van der Waals surface area contributed by atoms with Gasteiger partial charge in [0, 0.05) is 19.6 Å². The highest BCUT2D eigenvalue weighted by Crippen LogP contribution is 2.14. The Kier molecular flexibility index (Phi) is 5.36. The van der Waals surface area contributed by atoms with Gasteiger partial charge in [0.1, 0.15) is 0 Å². The van der Waals surface area contributed by atoms with Crippen molar-refractivity contribution in [3.63, 3.8) is 0 Å². The molecule has 0 bridgehead atoms. The van der Waals surface area contributed by atoms with Crippen LogP contribution in [0, 0.1) is 0 Å². The van der Waals surface area contributed by atoms with Crippen molar-refractivity contribution in [2.75, 3.05) is 32.7 Å². The second kappa shape index (κ2) is 7.26. The smallest absolute Gasteiger partial charge is 0.228 e. The Morgan fingerprint density at radius 2 is 1.95 bits per heavy atom. The van der Waals surface area contributed by atoms with E-state index in [4.69, 9.17) is 5.73 Å². The maximum Gasteiger partial charge on any atom is 0.228 e. The van der Waals surface area contributed by atoms with Crippen LogP contribution in [-0.2, 0) is 4.79 Å². The lowest BCUT2D eigenvalue weighted by molar-refractivity contribution is -0.122. The van der Waals surface area contributed by atoms with Crippen LogP contribution in [0.4, 0.5) is 0 Å². The zero-order chi connectivity index (χ0) is 13.5. The molecule has 4 nitrogen and oxygen atoms in total. The van der Waals surface area contributed by atoms with E-state index < -0.39 is 0 Å². The molecule has 1 aliphatic heterocycles. The van der Waals surface area contributed by atoms with Gasteiger partial charge in [-0.1, -0.05) is 30.3 Å². The van der Waals surface area contributed by atoms with E-state index >= 15 is 0 Å². The Morgan fingerprint density at radius 3 is 2.58 bits per heavy atom. The molecule has 3 N–H and O–H groups in total. The van der Waals surface area contributed by atoms with Gasteiger partial charge in [0.05, 0.1) is 5.92 Å². The van der Waals surface area contributed by atoms with E-state index in [0.29, 0.717) is 13.1 Å². The fourth-order valence-electron chi connectivity index (χ4n) is 2.55. The van der Waals surface area contributed by atoms with Crippen LogP contribution in [0.15, 0.2) is 30.3 Å². The number of hydrogen-bond donors (Lipinski definition) is 2. The SMILES string of the molecule is NCC(C(=O)NCCN1CCCC1)c1ccccc1. The predicted molar refractivity (Wildman–Crippen MR) is 76.9 cm³/mol. The molecule has 1 heterocycles. The van der Waals surface area contributed by atoms with Crippen LogP contribution in [0.2, 0.25) is 0 Å². The van der Waals surface area contributed by atoms with Crippen LogP contribution in [0.25, 0.3) is 0 Å². The number of nitrogens with zero attached hydrogens (tertiary/aromatic N) is 1. The molecule has 0 aliphatic carbocycles. The van der Waals surface area contributed by atoms with E-state index in [0.717, 1.165) is 25.2 Å². The highest BCUT2D eigenvalue weighted by Gasteiger charge is 2.18. The maximum absolute atomic E-state index is 12.1. The Labute approximate surface area is 115 Å². The number of nitrogens with one attached hydrogen (secondary N) is 1. The van der Waals surface area contributed by atoms with E-state index in [1.54, 1.807) is 0 Å². The average Bonchev–Trinajstić information content (AvgIpc) is 2.94. The summed E-state index contributed by atoms with van der Waals surface area (Å²) in [6.45, 7) is 4.32. The second-order valence-electron chi connectivity index (χ2n) is 5.04. The van der Waals surface area contributed by atoms with E-state index in [2.05, 4.69) is 10.2 Å². The average molecular weight is 261 g/mol. The minimum absolute atomic E-state index is 0.0351. The first-order valence-corrected chi connectivity index (χ1v) is 7.06. The monoisotopic (exact) mass is 261 g/mol. The molecule has 104 valence electrons. The summed E-state index contributed by atoms with van der Waals surface area (Å²) >= 11 is 0. The number of benzene rings is 1. The molecule has 1 fully saturated rings. The minimum Gasteiger partial charge on any atom is -0.354 e. The van der Waals surface area contributed by atoms with Gasteiger partial charge in [0.25, 0.3) is 0 Å². The van der Waals surface area contributed by atoms with Gasteiger partial charge in [-0.2, -0.15) is 0 Å². The first-order chi connectivity index (χ1) is 9.31. The van der Waals surface area contributed by atoms with Crippen molar-refractivity contribution in [1.82, 2.24) is 10.2 Å². The number of carbonyl (C=O) groups is 1. The van der Waals surface area contributed by atoms with Crippen LogP contribution < -0.4 is 11.1 Å². The lowest BCUT2D eigenvalue weighted by Gasteiger charge is -2.18. The number of carbonyl (C=O) groups excluding carboxylic acids is 1. The molecule has 0 radical (unpaired) electrons. The Hall–Kier alpha value is -1.39. The van der Waals surface area contributed by atoms with Crippen LogP contribution in [0.1, 0.15) is 24.3 Å². The molecule has 0 spiro atoms. The van der Waals surface area contributed by atoms with E-state index in [9.17, 15) is 4.79 Å². The highest BCUT2D eigenvalue weighted by molar-refractivity contribution is 5.83.